The number of halogens is 2. The van der Waals surface area contributed by atoms with Crippen LogP contribution in [-0.2, 0) is 6.54 Å². The van der Waals surface area contributed by atoms with Crippen molar-refractivity contribution >= 4 is 0 Å². The standard InChI is InChI=1S/C16H17F2N/c1-12(14-5-3-2-4-6-14)19-11-13-7-9-15(10-8-13)16(17)18/h2-10,12,16,19H,11H2,1H3/t12-/m0/s1. The summed E-state index contributed by atoms with van der Waals surface area (Å²) in [7, 11) is 0. The number of rotatable bonds is 5. The lowest BCUT2D eigenvalue weighted by atomic mass is 10.1. The second kappa shape index (κ2) is 6.43. The number of nitrogens with one attached hydrogen (secondary N) is 1. The second-order valence-electron chi connectivity index (χ2n) is 4.56. The first kappa shape index (κ1) is 13.7. The van der Waals surface area contributed by atoms with Crippen LogP contribution in [0.2, 0.25) is 0 Å². The van der Waals surface area contributed by atoms with Gasteiger partial charge in [-0.15, -0.1) is 0 Å². The van der Waals surface area contributed by atoms with Gasteiger partial charge in [0.1, 0.15) is 0 Å². The zero-order valence-electron chi connectivity index (χ0n) is 10.8. The largest absolute Gasteiger partial charge is 0.306 e. The van der Waals surface area contributed by atoms with Crippen molar-refractivity contribution in [3.8, 4) is 0 Å². The third-order valence-electron chi connectivity index (χ3n) is 3.14. The molecule has 0 aliphatic heterocycles. The van der Waals surface area contributed by atoms with Crippen LogP contribution < -0.4 is 5.32 Å². The molecular formula is C16H17F2N. The van der Waals surface area contributed by atoms with Crippen LogP contribution in [0.25, 0.3) is 0 Å². The average Bonchev–Trinajstić information content (AvgIpc) is 2.46. The third kappa shape index (κ3) is 3.86. The van der Waals surface area contributed by atoms with Crippen molar-refractivity contribution in [1.29, 1.82) is 0 Å². The Hall–Kier alpha value is -1.74. The van der Waals surface area contributed by atoms with Crippen LogP contribution in [0.5, 0.6) is 0 Å². The summed E-state index contributed by atoms with van der Waals surface area (Å²) in [6, 6.07) is 16.8. The van der Waals surface area contributed by atoms with Crippen LogP contribution in [-0.4, -0.2) is 0 Å². The third-order valence-corrected chi connectivity index (χ3v) is 3.14. The molecule has 3 heteroatoms. The molecular weight excluding hydrogens is 244 g/mol. The first-order chi connectivity index (χ1) is 9.16. The molecule has 0 radical (unpaired) electrons. The summed E-state index contributed by atoms with van der Waals surface area (Å²) in [5.41, 5.74) is 2.29. The number of hydrogen-bond acceptors (Lipinski definition) is 1. The van der Waals surface area contributed by atoms with Crippen molar-refractivity contribution in [2.75, 3.05) is 0 Å². The van der Waals surface area contributed by atoms with E-state index in [1.165, 1.54) is 17.7 Å². The molecule has 1 nitrogen and oxygen atoms in total. The van der Waals surface area contributed by atoms with E-state index in [1.54, 1.807) is 12.1 Å². The van der Waals surface area contributed by atoms with Gasteiger partial charge in [-0.2, -0.15) is 0 Å². The molecule has 0 saturated carbocycles. The molecule has 0 fully saturated rings. The van der Waals surface area contributed by atoms with Crippen molar-refractivity contribution in [2.45, 2.75) is 25.9 Å². The Morgan fingerprint density at radius 3 is 2.11 bits per heavy atom. The van der Waals surface area contributed by atoms with Gasteiger partial charge in [-0.25, -0.2) is 8.78 Å². The SMILES string of the molecule is C[C@H](NCc1ccc(C(F)F)cc1)c1ccccc1. The van der Waals surface area contributed by atoms with Gasteiger partial charge in [0.2, 0.25) is 0 Å². The summed E-state index contributed by atoms with van der Waals surface area (Å²) in [6.45, 7) is 2.75. The Bertz CT molecular complexity index is 494. The van der Waals surface area contributed by atoms with Gasteiger partial charge < -0.3 is 5.32 Å². The lowest BCUT2D eigenvalue weighted by Crippen LogP contribution is -2.17. The fraction of sp³-hybridized carbons (Fsp3) is 0.250. The van der Waals surface area contributed by atoms with Gasteiger partial charge in [-0.1, -0.05) is 54.6 Å². The lowest BCUT2D eigenvalue weighted by Gasteiger charge is -2.14. The van der Waals surface area contributed by atoms with Crippen LogP contribution in [0.3, 0.4) is 0 Å². The Morgan fingerprint density at radius 1 is 0.895 bits per heavy atom. The number of hydrogen-bond donors (Lipinski definition) is 1. The minimum Gasteiger partial charge on any atom is -0.306 e. The van der Waals surface area contributed by atoms with Crippen LogP contribution >= 0.6 is 0 Å². The fourth-order valence-corrected chi connectivity index (χ4v) is 1.91. The predicted molar refractivity (Wildman–Crippen MR) is 73.1 cm³/mol. The minimum atomic E-state index is -2.40. The molecule has 1 N–H and O–H groups in total. The Kier molecular flexibility index (Phi) is 4.63. The van der Waals surface area contributed by atoms with Gasteiger partial charge in [0, 0.05) is 18.2 Å². The molecule has 0 saturated heterocycles. The maximum absolute atomic E-state index is 12.4. The topological polar surface area (TPSA) is 12.0 Å². The van der Waals surface area contributed by atoms with E-state index in [4.69, 9.17) is 0 Å². The highest BCUT2D eigenvalue weighted by Gasteiger charge is 2.07. The zero-order chi connectivity index (χ0) is 13.7. The van der Waals surface area contributed by atoms with Crippen molar-refractivity contribution in [3.05, 3.63) is 71.3 Å². The molecule has 0 heterocycles. The van der Waals surface area contributed by atoms with Crippen molar-refractivity contribution in [1.82, 2.24) is 5.32 Å². The maximum atomic E-state index is 12.4. The molecule has 2 aromatic carbocycles. The van der Waals surface area contributed by atoms with Gasteiger partial charge in [0.25, 0.3) is 6.43 Å². The maximum Gasteiger partial charge on any atom is 0.263 e. The second-order valence-corrected chi connectivity index (χ2v) is 4.56. The first-order valence-electron chi connectivity index (χ1n) is 6.32. The highest BCUT2D eigenvalue weighted by Crippen LogP contribution is 2.19. The van der Waals surface area contributed by atoms with E-state index in [0.717, 1.165) is 5.56 Å². The van der Waals surface area contributed by atoms with E-state index >= 15 is 0 Å². The molecule has 19 heavy (non-hydrogen) atoms. The van der Waals surface area contributed by atoms with Crippen LogP contribution in [0.4, 0.5) is 8.78 Å². The van der Waals surface area contributed by atoms with E-state index in [0.29, 0.717) is 6.54 Å². The summed E-state index contributed by atoms with van der Waals surface area (Å²) < 4.78 is 24.8. The van der Waals surface area contributed by atoms with Crippen LogP contribution in [0.15, 0.2) is 54.6 Å². The molecule has 0 amide bonds. The van der Waals surface area contributed by atoms with E-state index in [1.807, 2.05) is 18.2 Å². The Morgan fingerprint density at radius 2 is 1.53 bits per heavy atom. The average molecular weight is 261 g/mol. The van der Waals surface area contributed by atoms with Gasteiger partial charge in [0.05, 0.1) is 0 Å². The summed E-state index contributed by atoms with van der Waals surface area (Å²) in [6.07, 6.45) is -2.40. The van der Waals surface area contributed by atoms with Crippen molar-refractivity contribution < 1.29 is 8.78 Å². The normalized spacial score (nSPS) is 12.6. The van der Waals surface area contributed by atoms with E-state index in [-0.39, 0.29) is 11.6 Å². The first-order valence-corrected chi connectivity index (χ1v) is 6.32. The summed E-state index contributed by atoms with van der Waals surface area (Å²) >= 11 is 0. The fourth-order valence-electron chi connectivity index (χ4n) is 1.91. The minimum absolute atomic E-state index is 0.0693. The van der Waals surface area contributed by atoms with Gasteiger partial charge in [-0.05, 0) is 18.1 Å². The molecule has 0 bridgehead atoms. The lowest BCUT2D eigenvalue weighted by molar-refractivity contribution is 0.151. The zero-order valence-corrected chi connectivity index (χ0v) is 10.8. The number of benzene rings is 2. The van der Waals surface area contributed by atoms with Gasteiger partial charge in [0.15, 0.2) is 0 Å². The smallest absolute Gasteiger partial charge is 0.263 e. The molecule has 2 rings (SSSR count). The van der Waals surface area contributed by atoms with Crippen molar-refractivity contribution in [2.24, 2.45) is 0 Å². The molecule has 0 spiro atoms. The number of alkyl halides is 2. The van der Waals surface area contributed by atoms with Gasteiger partial charge >= 0.3 is 0 Å². The summed E-state index contributed by atoms with van der Waals surface area (Å²) in [5.74, 6) is 0. The van der Waals surface area contributed by atoms with Crippen LogP contribution in [0, 0.1) is 0 Å². The quantitative estimate of drug-likeness (QED) is 0.837. The molecule has 0 aliphatic carbocycles. The Labute approximate surface area is 112 Å². The molecule has 0 unspecified atom stereocenters. The summed E-state index contributed by atoms with van der Waals surface area (Å²) in [5, 5.41) is 3.38. The van der Waals surface area contributed by atoms with Gasteiger partial charge in [-0.3, -0.25) is 0 Å². The highest BCUT2D eigenvalue weighted by molar-refractivity contribution is 5.24. The molecule has 2 aromatic rings. The van der Waals surface area contributed by atoms with Crippen molar-refractivity contribution in [3.63, 3.8) is 0 Å². The highest BCUT2D eigenvalue weighted by atomic mass is 19.3. The molecule has 0 aromatic heterocycles. The molecule has 1 atom stereocenters. The molecule has 0 aliphatic rings. The predicted octanol–water partition coefficient (Wildman–Crippen LogP) is 4.48. The van der Waals surface area contributed by atoms with Crippen LogP contribution in [0.1, 0.15) is 36.1 Å². The van der Waals surface area contributed by atoms with E-state index < -0.39 is 6.43 Å². The van der Waals surface area contributed by atoms with E-state index in [2.05, 4.69) is 24.4 Å². The molecule has 100 valence electrons. The van der Waals surface area contributed by atoms with E-state index in [9.17, 15) is 8.78 Å². The monoisotopic (exact) mass is 261 g/mol. The summed E-state index contributed by atoms with van der Waals surface area (Å²) in [4.78, 5) is 0. The Balaban J connectivity index is 1.92.